The number of carbonyl (C=O) groups excluding carboxylic acids is 1. The molecule has 0 bridgehead atoms. The predicted molar refractivity (Wildman–Crippen MR) is 98.8 cm³/mol. The molecule has 1 heterocycles. The number of nitrogens with one attached hydrogen (secondary N) is 1. The molecular weight excluding hydrogens is 419 g/mol. The molecule has 1 aromatic carbocycles. The Bertz CT molecular complexity index is 1030. The average Bonchev–Trinajstić information content (AvgIpc) is 3.06. The molecule has 0 spiro atoms. The van der Waals surface area contributed by atoms with Crippen molar-refractivity contribution in [3.05, 3.63) is 58.8 Å². The normalized spacial score (nSPS) is 18.6. The van der Waals surface area contributed by atoms with E-state index in [0.29, 0.717) is 6.20 Å². The minimum atomic E-state index is -4.60. The first-order chi connectivity index (χ1) is 14.5. The van der Waals surface area contributed by atoms with Gasteiger partial charge < -0.3 is 5.32 Å². The second-order valence-corrected chi connectivity index (χ2v) is 7.32. The van der Waals surface area contributed by atoms with Gasteiger partial charge in [0.05, 0.1) is 34.7 Å². The van der Waals surface area contributed by atoms with Crippen molar-refractivity contribution in [3.63, 3.8) is 0 Å². The molecule has 1 saturated carbocycles. The molecule has 1 aromatic heterocycles. The summed E-state index contributed by atoms with van der Waals surface area (Å²) < 4.78 is 65.8. The molecule has 0 aliphatic heterocycles. The zero-order valence-electron chi connectivity index (χ0n) is 15.9. The molecule has 1 fully saturated rings. The molecule has 0 saturated heterocycles. The van der Waals surface area contributed by atoms with Crippen LogP contribution in [-0.2, 0) is 11.0 Å². The number of rotatable bonds is 4. The van der Waals surface area contributed by atoms with E-state index in [-0.39, 0.29) is 28.9 Å². The Labute approximate surface area is 174 Å². The first-order valence-corrected chi connectivity index (χ1v) is 9.19. The smallest absolute Gasteiger partial charge is 0.310 e. The Morgan fingerprint density at radius 3 is 2.26 bits per heavy atom. The van der Waals surface area contributed by atoms with Gasteiger partial charge in [-0.25, -0.2) is 13.8 Å². The molecule has 160 valence electrons. The van der Waals surface area contributed by atoms with E-state index in [2.05, 4.69) is 10.3 Å². The maximum atomic E-state index is 13.9. The summed E-state index contributed by atoms with van der Waals surface area (Å²) in [6, 6.07) is 9.44. The van der Waals surface area contributed by atoms with E-state index in [0.717, 1.165) is 12.1 Å². The van der Waals surface area contributed by atoms with Gasteiger partial charge in [-0.3, -0.25) is 4.79 Å². The van der Waals surface area contributed by atoms with Gasteiger partial charge in [-0.15, -0.1) is 0 Å². The largest absolute Gasteiger partial charge is 0.417 e. The van der Waals surface area contributed by atoms with E-state index < -0.39 is 48.2 Å². The zero-order chi connectivity index (χ0) is 22.8. The lowest BCUT2D eigenvalue weighted by Crippen LogP contribution is -2.28. The summed E-state index contributed by atoms with van der Waals surface area (Å²) in [5.41, 5.74) is -0.617. The standard InChI is InChI=1S/C21H15F5N4O/c22-20(23)4-3-14(8-20)18(15-6-12(9-27)5-13(7-15)10-28)19(31)30-17-2-1-16(11-29-17)21(24,25)26/h1-2,5-7,11,14,18H,3-4,8H2,(H,29,30,31). The van der Waals surface area contributed by atoms with E-state index in [1.165, 1.54) is 18.2 Å². The Morgan fingerprint density at radius 2 is 1.81 bits per heavy atom. The molecule has 2 aromatic rings. The minimum Gasteiger partial charge on any atom is -0.310 e. The number of anilines is 1. The van der Waals surface area contributed by atoms with Crippen molar-refractivity contribution >= 4 is 11.7 Å². The van der Waals surface area contributed by atoms with Crippen LogP contribution in [0.2, 0.25) is 0 Å². The maximum Gasteiger partial charge on any atom is 0.417 e. The molecule has 1 aliphatic carbocycles. The summed E-state index contributed by atoms with van der Waals surface area (Å²) in [5, 5.41) is 20.8. The van der Waals surface area contributed by atoms with Crippen molar-refractivity contribution < 1.29 is 26.7 Å². The van der Waals surface area contributed by atoms with Gasteiger partial charge in [-0.2, -0.15) is 23.7 Å². The Balaban J connectivity index is 1.95. The van der Waals surface area contributed by atoms with Crippen LogP contribution < -0.4 is 5.32 Å². The fraction of sp³-hybridized carbons (Fsp3) is 0.333. The highest BCUT2D eigenvalue weighted by molar-refractivity contribution is 5.95. The third-order valence-corrected chi connectivity index (χ3v) is 5.11. The Hall–Kier alpha value is -3.53. The Morgan fingerprint density at radius 1 is 1.16 bits per heavy atom. The fourth-order valence-corrected chi connectivity index (χ4v) is 3.71. The van der Waals surface area contributed by atoms with Crippen molar-refractivity contribution in [2.24, 2.45) is 5.92 Å². The number of benzene rings is 1. The van der Waals surface area contributed by atoms with Crippen LogP contribution in [0.15, 0.2) is 36.5 Å². The van der Waals surface area contributed by atoms with Crippen LogP contribution in [0.25, 0.3) is 0 Å². The third-order valence-electron chi connectivity index (χ3n) is 5.11. The fourth-order valence-electron chi connectivity index (χ4n) is 3.71. The van der Waals surface area contributed by atoms with E-state index in [1.54, 1.807) is 0 Å². The second-order valence-electron chi connectivity index (χ2n) is 7.32. The summed E-state index contributed by atoms with van der Waals surface area (Å²) in [6.07, 6.45) is -4.99. The molecule has 1 amide bonds. The number of hydrogen-bond acceptors (Lipinski definition) is 4. The van der Waals surface area contributed by atoms with Gasteiger partial charge in [0.2, 0.25) is 11.8 Å². The molecule has 31 heavy (non-hydrogen) atoms. The number of alkyl halides is 5. The highest BCUT2D eigenvalue weighted by atomic mass is 19.4. The maximum absolute atomic E-state index is 13.9. The SMILES string of the molecule is N#Cc1cc(C#N)cc(C(C(=O)Nc2ccc(C(F)(F)F)cn2)C2CCC(F)(F)C2)c1. The molecule has 3 rings (SSSR count). The van der Waals surface area contributed by atoms with Crippen LogP contribution in [0.1, 0.15) is 47.4 Å². The van der Waals surface area contributed by atoms with Gasteiger partial charge >= 0.3 is 6.18 Å². The third kappa shape index (κ3) is 5.15. The van der Waals surface area contributed by atoms with Crippen molar-refractivity contribution in [2.75, 3.05) is 5.32 Å². The number of nitrogens with zero attached hydrogens (tertiary/aromatic N) is 3. The van der Waals surface area contributed by atoms with Crippen molar-refractivity contribution in [2.45, 2.75) is 37.3 Å². The van der Waals surface area contributed by atoms with Gasteiger partial charge in [0, 0.05) is 19.0 Å². The molecule has 5 nitrogen and oxygen atoms in total. The van der Waals surface area contributed by atoms with Crippen LogP contribution in [-0.4, -0.2) is 16.8 Å². The summed E-state index contributed by atoms with van der Waals surface area (Å²) >= 11 is 0. The molecule has 1 aliphatic rings. The molecule has 1 N–H and O–H groups in total. The average molecular weight is 434 g/mol. The van der Waals surface area contributed by atoms with E-state index in [4.69, 9.17) is 0 Å². The van der Waals surface area contributed by atoms with Crippen LogP contribution in [0.4, 0.5) is 27.8 Å². The summed E-state index contributed by atoms with van der Waals surface area (Å²) in [5.74, 6) is -5.82. The Kier molecular flexibility index (Phi) is 5.94. The number of carbonyl (C=O) groups is 1. The summed E-state index contributed by atoms with van der Waals surface area (Å²) in [7, 11) is 0. The van der Waals surface area contributed by atoms with Gasteiger partial charge in [0.25, 0.3) is 0 Å². The number of amides is 1. The van der Waals surface area contributed by atoms with Gasteiger partial charge in [-0.1, -0.05) is 0 Å². The first-order valence-electron chi connectivity index (χ1n) is 9.19. The highest BCUT2D eigenvalue weighted by Crippen LogP contribution is 2.46. The van der Waals surface area contributed by atoms with Crippen LogP contribution in [0, 0.1) is 28.6 Å². The monoisotopic (exact) mass is 434 g/mol. The van der Waals surface area contributed by atoms with Crippen LogP contribution in [0.3, 0.4) is 0 Å². The van der Waals surface area contributed by atoms with E-state index in [1.807, 2.05) is 12.1 Å². The first kappa shape index (κ1) is 22.2. The summed E-state index contributed by atoms with van der Waals surface area (Å²) in [4.78, 5) is 16.6. The molecule has 10 heteroatoms. The van der Waals surface area contributed by atoms with Gasteiger partial charge in [-0.05, 0) is 48.2 Å². The van der Waals surface area contributed by atoms with Crippen LogP contribution in [0.5, 0.6) is 0 Å². The number of hydrogen-bond donors (Lipinski definition) is 1. The lowest BCUT2D eigenvalue weighted by molar-refractivity contribution is -0.137. The van der Waals surface area contributed by atoms with Crippen molar-refractivity contribution in [3.8, 4) is 12.1 Å². The van der Waals surface area contributed by atoms with Gasteiger partial charge in [0.1, 0.15) is 5.82 Å². The molecule has 2 unspecified atom stereocenters. The lowest BCUT2D eigenvalue weighted by Gasteiger charge is -2.23. The van der Waals surface area contributed by atoms with Crippen molar-refractivity contribution in [1.29, 1.82) is 10.5 Å². The zero-order valence-corrected chi connectivity index (χ0v) is 15.9. The van der Waals surface area contributed by atoms with E-state index in [9.17, 15) is 37.3 Å². The molecule has 0 radical (unpaired) electrons. The quantitative estimate of drug-likeness (QED) is 0.686. The minimum absolute atomic E-state index is 0.0319. The van der Waals surface area contributed by atoms with Crippen LogP contribution >= 0.6 is 0 Å². The number of nitriles is 2. The van der Waals surface area contributed by atoms with Gasteiger partial charge in [0.15, 0.2) is 0 Å². The number of aromatic nitrogens is 1. The molecular formula is C21H15F5N4O. The second kappa shape index (κ2) is 8.31. The lowest BCUT2D eigenvalue weighted by atomic mass is 9.82. The topological polar surface area (TPSA) is 89.6 Å². The molecule has 2 atom stereocenters. The van der Waals surface area contributed by atoms with E-state index >= 15 is 0 Å². The predicted octanol–water partition coefficient (Wildman–Crippen LogP) is 5.00. The van der Waals surface area contributed by atoms with Crippen molar-refractivity contribution in [1.82, 2.24) is 4.98 Å². The summed E-state index contributed by atoms with van der Waals surface area (Å²) in [6.45, 7) is 0. The number of halogens is 5. The number of pyridine rings is 1. The highest BCUT2D eigenvalue weighted by Gasteiger charge is 2.45.